The number of amides is 1. The molecular weight excluding hydrogens is 350 g/mol. The Bertz CT molecular complexity index is 901. The molecule has 0 aliphatic rings. The summed E-state index contributed by atoms with van der Waals surface area (Å²) in [5, 5.41) is 11.0. The number of aryl methyl sites for hydroxylation is 1. The Hall–Kier alpha value is -2.54. The molecule has 1 aromatic carbocycles. The third kappa shape index (κ3) is 3.99. The normalized spacial score (nSPS) is 12.3. The molecular formula is C19H21N3O3S. The highest BCUT2D eigenvalue weighted by Crippen LogP contribution is 2.29. The van der Waals surface area contributed by atoms with Crippen molar-refractivity contribution < 1.29 is 13.6 Å². The number of para-hydroxylation sites is 1. The Balaban J connectivity index is 1.67. The van der Waals surface area contributed by atoms with Crippen LogP contribution in [0, 0.1) is 6.92 Å². The second-order valence-electron chi connectivity index (χ2n) is 6.25. The van der Waals surface area contributed by atoms with Gasteiger partial charge in [0.05, 0.1) is 17.1 Å². The maximum Gasteiger partial charge on any atom is 0.277 e. The van der Waals surface area contributed by atoms with Gasteiger partial charge in [0.25, 0.3) is 11.1 Å². The van der Waals surface area contributed by atoms with Crippen LogP contribution < -0.4 is 5.32 Å². The van der Waals surface area contributed by atoms with Gasteiger partial charge in [-0.2, -0.15) is 0 Å². The molecule has 0 aliphatic heterocycles. The molecule has 0 aliphatic carbocycles. The first-order valence-electron chi connectivity index (χ1n) is 8.40. The van der Waals surface area contributed by atoms with Crippen LogP contribution in [-0.2, 0) is 4.79 Å². The quantitative estimate of drug-likeness (QED) is 0.622. The van der Waals surface area contributed by atoms with Gasteiger partial charge >= 0.3 is 0 Å². The minimum Gasteiger partial charge on any atom is -0.469 e. The van der Waals surface area contributed by atoms with Crippen LogP contribution in [0.1, 0.15) is 38.0 Å². The van der Waals surface area contributed by atoms with Crippen molar-refractivity contribution in [3.63, 3.8) is 0 Å². The van der Waals surface area contributed by atoms with E-state index in [4.69, 9.17) is 8.83 Å². The number of furan rings is 1. The fourth-order valence-corrected chi connectivity index (χ4v) is 3.21. The number of nitrogens with zero attached hydrogens (tertiary/aromatic N) is 2. The summed E-state index contributed by atoms with van der Waals surface area (Å²) in [4.78, 5) is 12.5. The average molecular weight is 371 g/mol. The molecule has 1 atom stereocenters. The van der Waals surface area contributed by atoms with E-state index in [1.807, 2.05) is 38.1 Å². The summed E-state index contributed by atoms with van der Waals surface area (Å²) in [5.74, 6) is 1.31. The molecule has 2 aromatic heterocycles. The monoisotopic (exact) mass is 371 g/mol. The number of hydrogen-bond acceptors (Lipinski definition) is 6. The highest BCUT2D eigenvalue weighted by Gasteiger charge is 2.21. The maximum atomic E-state index is 12.5. The minimum absolute atomic E-state index is 0.109. The molecule has 2 heterocycles. The van der Waals surface area contributed by atoms with Gasteiger partial charge in [-0.25, -0.2) is 0 Å². The van der Waals surface area contributed by atoms with Crippen LogP contribution in [0.4, 0.5) is 5.69 Å². The molecule has 0 spiro atoms. The van der Waals surface area contributed by atoms with Gasteiger partial charge in [0.2, 0.25) is 5.91 Å². The Labute approximate surface area is 156 Å². The zero-order chi connectivity index (χ0) is 18.7. The summed E-state index contributed by atoms with van der Waals surface area (Å²) >= 11 is 1.23. The molecule has 7 heteroatoms. The third-order valence-corrected chi connectivity index (χ3v) is 4.92. The number of aromatic nitrogens is 2. The molecule has 0 fully saturated rings. The molecule has 1 N–H and O–H groups in total. The molecule has 0 bridgehead atoms. The number of anilines is 1. The van der Waals surface area contributed by atoms with Crippen LogP contribution in [0.15, 0.2) is 50.7 Å². The number of thioether (sulfide) groups is 1. The van der Waals surface area contributed by atoms with Gasteiger partial charge in [-0.05, 0) is 37.5 Å². The third-order valence-electron chi connectivity index (χ3n) is 3.98. The topological polar surface area (TPSA) is 81.2 Å². The van der Waals surface area contributed by atoms with Gasteiger partial charge in [-0.15, -0.1) is 10.2 Å². The van der Waals surface area contributed by atoms with Gasteiger partial charge in [0.1, 0.15) is 5.76 Å². The minimum atomic E-state index is -0.381. The zero-order valence-electron chi connectivity index (χ0n) is 15.1. The Morgan fingerprint density at radius 1 is 1.15 bits per heavy atom. The summed E-state index contributed by atoms with van der Waals surface area (Å²) < 4.78 is 10.9. The lowest BCUT2D eigenvalue weighted by atomic mass is 10.0. The first-order chi connectivity index (χ1) is 12.5. The predicted molar refractivity (Wildman–Crippen MR) is 101 cm³/mol. The molecule has 3 aromatic rings. The second kappa shape index (κ2) is 7.78. The fourth-order valence-electron chi connectivity index (χ4n) is 2.53. The lowest BCUT2D eigenvalue weighted by Crippen LogP contribution is -2.23. The van der Waals surface area contributed by atoms with Crippen LogP contribution in [0.3, 0.4) is 0 Å². The Morgan fingerprint density at radius 2 is 1.92 bits per heavy atom. The molecule has 0 radical (unpaired) electrons. The van der Waals surface area contributed by atoms with Gasteiger partial charge in [0.15, 0.2) is 0 Å². The smallest absolute Gasteiger partial charge is 0.277 e. The standard InChI is InChI=1S/C19H21N3O3S/c1-11(2)14-7-5-6-8-16(14)20-17(23)13(4)26-19-22-21-18(25-19)15-9-10-24-12(15)3/h5-11,13H,1-4H3,(H,20,23)/t13-/m1/s1. The lowest BCUT2D eigenvalue weighted by Gasteiger charge is -2.15. The number of carbonyl (C=O) groups is 1. The van der Waals surface area contributed by atoms with Crippen molar-refractivity contribution in [2.24, 2.45) is 0 Å². The molecule has 26 heavy (non-hydrogen) atoms. The van der Waals surface area contributed by atoms with Gasteiger partial charge in [-0.3, -0.25) is 4.79 Å². The van der Waals surface area contributed by atoms with E-state index in [2.05, 4.69) is 29.4 Å². The highest BCUT2D eigenvalue weighted by atomic mass is 32.2. The van der Waals surface area contributed by atoms with Gasteiger partial charge < -0.3 is 14.2 Å². The molecule has 6 nitrogen and oxygen atoms in total. The average Bonchev–Trinajstić information content (AvgIpc) is 3.23. The second-order valence-corrected chi connectivity index (χ2v) is 7.55. The van der Waals surface area contributed by atoms with E-state index < -0.39 is 0 Å². The van der Waals surface area contributed by atoms with E-state index >= 15 is 0 Å². The van der Waals surface area contributed by atoms with Crippen LogP contribution in [0.5, 0.6) is 0 Å². The van der Waals surface area contributed by atoms with Crippen LogP contribution in [0.2, 0.25) is 0 Å². The molecule has 3 rings (SSSR count). The fraction of sp³-hybridized carbons (Fsp3) is 0.316. The summed E-state index contributed by atoms with van der Waals surface area (Å²) in [5.41, 5.74) is 2.70. The van der Waals surface area contributed by atoms with Crippen molar-refractivity contribution >= 4 is 23.4 Å². The van der Waals surface area contributed by atoms with E-state index in [0.717, 1.165) is 16.8 Å². The van der Waals surface area contributed by atoms with Crippen molar-refractivity contribution in [2.45, 2.75) is 44.1 Å². The first-order valence-corrected chi connectivity index (χ1v) is 9.28. The van der Waals surface area contributed by atoms with Gasteiger partial charge in [-0.1, -0.05) is 43.8 Å². The number of rotatable bonds is 6. The van der Waals surface area contributed by atoms with Crippen LogP contribution in [0.25, 0.3) is 11.5 Å². The first kappa shape index (κ1) is 18.3. The van der Waals surface area contributed by atoms with Crippen LogP contribution >= 0.6 is 11.8 Å². The zero-order valence-corrected chi connectivity index (χ0v) is 16.0. The maximum absolute atomic E-state index is 12.5. The summed E-state index contributed by atoms with van der Waals surface area (Å²) in [6, 6.07) is 9.60. The molecule has 136 valence electrons. The van der Waals surface area contributed by atoms with E-state index in [0.29, 0.717) is 22.8 Å². The summed E-state index contributed by atoms with van der Waals surface area (Å²) in [7, 11) is 0. The number of hydrogen-bond donors (Lipinski definition) is 1. The van der Waals surface area contributed by atoms with E-state index in [1.54, 1.807) is 12.3 Å². The van der Waals surface area contributed by atoms with E-state index in [-0.39, 0.29) is 11.2 Å². The van der Waals surface area contributed by atoms with Crippen LogP contribution in [-0.4, -0.2) is 21.4 Å². The largest absolute Gasteiger partial charge is 0.469 e. The summed E-state index contributed by atoms with van der Waals surface area (Å²) in [6.07, 6.45) is 1.57. The van der Waals surface area contributed by atoms with E-state index in [1.165, 1.54) is 11.8 Å². The highest BCUT2D eigenvalue weighted by molar-refractivity contribution is 8.00. The number of carbonyl (C=O) groups excluding carboxylic acids is 1. The predicted octanol–water partition coefficient (Wildman–Crippen LogP) is 4.88. The summed E-state index contributed by atoms with van der Waals surface area (Å²) in [6.45, 7) is 7.83. The molecule has 0 saturated heterocycles. The lowest BCUT2D eigenvalue weighted by molar-refractivity contribution is -0.115. The van der Waals surface area contributed by atoms with Crippen molar-refractivity contribution in [1.29, 1.82) is 0 Å². The van der Waals surface area contributed by atoms with Crippen molar-refractivity contribution in [3.05, 3.63) is 47.9 Å². The SMILES string of the molecule is Cc1occc1-c1nnc(S[C@H](C)C(=O)Nc2ccccc2C(C)C)o1. The van der Waals surface area contributed by atoms with E-state index in [9.17, 15) is 4.79 Å². The van der Waals surface area contributed by atoms with Gasteiger partial charge in [0, 0.05) is 5.69 Å². The van der Waals surface area contributed by atoms with Crippen molar-refractivity contribution in [1.82, 2.24) is 10.2 Å². The molecule has 0 unspecified atom stereocenters. The molecule has 1 amide bonds. The van der Waals surface area contributed by atoms with Crippen molar-refractivity contribution in [3.8, 4) is 11.5 Å². The number of benzene rings is 1. The molecule has 0 saturated carbocycles. The number of nitrogens with one attached hydrogen (secondary N) is 1. The van der Waals surface area contributed by atoms with Crippen molar-refractivity contribution in [2.75, 3.05) is 5.32 Å². The Morgan fingerprint density at radius 3 is 2.62 bits per heavy atom. The Kier molecular flexibility index (Phi) is 5.46.